The van der Waals surface area contributed by atoms with Gasteiger partial charge in [-0.15, -0.1) is 0 Å². The van der Waals surface area contributed by atoms with E-state index < -0.39 is 5.97 Å². The molecule has 21 heavy (non-hydrogen) atoms. The van der Waals surface area contributed by atoms with Gasteiger partial charge in [0, 0.05) is 13.1 Å². The minimum atomic E-state index is -0.987. The lowest BCUT2D eigenvalue weighted by Gasteiger charge is -2.34. The molecule has 1 fully saturated rings. The number of aromatic carboxylic acids is 1. The predicted octanol–water partition coefficient (Wildman–Crippen LogP) is 1.44. The Labute approximate surface area is 123 Å². The van der Waals surface area contributed by atoms with Crippen LogP contribution in [0, 0.1) is 0 Å². The Morgan fingerprint density at radius 1 is 1.33 bits per heavy atom. The van der Waals surface area contributed by atoms with Crippen molar-refractivity contribution in [2.24, 2.45) is 0 Å². The van der Waals surface area contributed by atoms with Crippen molar-refractivity contribution >= 4 is 12.0 Å². The zero-order valence-corrected chi connectivity index (χ0v) is 11.8. The molecule has 0 spiro atoms. The number of carbonyl (C=O) groups is 2. The van der Waals surface area contributed by atoms with Gasteiger partial charge >= 0.3 is 12.0 Å². The van der Waals surface area contributed by atoms with E-state index in [4.69, 9.17) is 5.11 Å². The first kappa shape index (κ1) is 15.3. The van der Waals surface area contributed by atoms with E-state index in [0.717, 1.165) is 24.8 Å². The van der Waals surface area contributed by atoms with Crippen molar-refractivity contribution in [3.63, 3.8) is 0 Å². The van der Waals surface area contributed by atoms with E-state index in [1.807, 2.05) is 0 Å². The number of rotatable bonds is 4. The third-order valence-corrected chi connectivity index (χ3v) is 3.72. The van der Waals surface area contributed by atoms with Crippen molar-refractivity contribution in [2.45, 2.75) is 31.8 Å². The molecule has 0 saturated carbocycles. The second-order valence-electron chi connectivity index (χ2n) is 5.19. The highest BCUT2D eigenvalue weighted by molar-refractivity contribution is 5.87. The topological polar surface area (TPSA) is 89.9 Å². The Balaban J connectivity index is 1.94. The fourth-order valence-electron chi connectivity index (χ4n) is 2.55. The van der Waals surface area contributed by atoms with E-state index in [0.29, 0.717) is 6.54 Å². The maximum Gasteiger partial charge on any atom is 0.335 e. The van der Waals surface area contributed by atoms with Crippen LogP contribution in [0.2, 0.25) is 0 Å². The molecule has 1 aromatic rings. The lowest BCUT2D eigenvalue weighted by atomic mass is 10.0. The fourth-order valence-corrected chi connectivity index (χ4v) is 2.55. The van der Waals surface area contributed by atoms with Crippen LogP contribution in [0.5, 0.6) is 0 Å². The van der Waals surface area contributed by atoms with Crippen LogP contribution >= 0.6 is 0 Å². The lowest BCUT2D eigenvalue weighted by Crippen LogP contribution is -2.49. The Kier molecular flexibility index (Phi) is 5.16. The van der Waals surface area contributed by atoms with Gasteiger partial charge in [0.25, 0.3) is 0 Å². The summed E-state index contributed by atoms with van der Waals surface area (Å²) >= 11 is 0. The Morgan fingerprint density at radius 2 is 2.14 bits per heavy atom. The van der Waals surface area contributed by atoms with E-state index in [1.54, 1.807) is 23.1 Å². The standard InChI is InChI=1S/C15H20N2O4/c18-10-13-6-1-2-7-17(13)15(21)16-9-11-4-3-5-12(8-11)14(19)20/h3-5,8,13,18H,1-2,6-7,9-10H2,(H,16,21)(H,19,20). The van der Waals surface area contributed by atoms with Crippen LogP contribution in [0.4, 0.5) is 4.79 Å². The highest BCUT2D eigenvalue weighted by atomic mass is 16.4. The molecule has 1 unspecified atom stereocenters. The van der Waals surface area contributed by atoms with Gasteiger partial charge in [-0.3, -0.25) is 0 Å². The number of amides is 2. The molecule has 1 atom stereocenters. The van der Waals surface area contributed by atoms with Crippen LogP contribution in [0.25, 0.3) is 0 Å². The number of hydrogen-bond acceptors (Lipinski definition) is 3. The summed E-state index contributed by atoms with van der Waals surface area (Å²) in [4.78, 5) is 24.7. The number of carbonyl (C=O) groups excluding carboxylic acids is 1. The predicted molar refractivity (Wildman–Crippen MR) is 77.1 cm³/mol. The van der Waals surface area contributed by atoms with Crippen molar-refractivity contribution in [1.82, 2.24) is 10.2 Å². The monoisotopic (exact) mass is 292 g/mol. The summed E-state index contributed by atoms with van der Waals surface area (Å²) in [5, 5.41) is 21.0. The summed E-state index contributed by atoms with van der Waals surface area (Å²) in [7, 11) is 0. The summed E-state index contributed by atoms with van der Waals surface area (Å²) in [6.45, 7) is 0.892. The molecule has 1 aromatic carbocycles. The maximum absolute atomic E-state index is 12.1. The van der Waals surface area contributed by atoms with E-state index in [9.17, 15) is 14.7 Å². The van der Waals surface area contributed by atoms with Crippen molar-refractivity contribution in [3.05, 3.63) is 35.4 Å². The molecule has 6 nitrogen and oxygen atoms in total. The van der Waals surface area contributed by atoms with Gasteiger partial charge < -0.3 is 20.4 Å². The number of aliphatic hydroxyl groups is 1. The molecule has 0 bridgehead atoms. The summed E-state index contributed by atoms with van der Waals surface area (Å²) < 4.78 is 0. The largest absolute Gasteiger partial charge is 0.478 e. The second-order valence-corrected chi connectivity index (χ2v) is 5.19. The first-order chi connectivity index (χ1) is 10.1. The molecule has 114 valence electrons. The molecule has 1 saturated heterocycles. The zero-order valence-electron chi connectivity index (χ0n) is 11.8. The number of urea groups is 1. The number of nitrogens with zero attached hydrogens (tertiary/aromatic N) is 1. The molecule has 0 aromatic heterocycles. The molecule has 1 aliphatic rings. The van der Waals surface area contributed by atoms with E-state index in [2.05, 4.69) is 5.32 Å². The quantitative estimate of drug-likeness (QED) is 0.783. The molecule has 3 N–H and O–H groups in total. The summed E-state index contributed by atoms with van der Waals surface area (Å²) in [6.07, 6.45) is 2.78. The van der Waals surface area contributed by atoms with Gasteiger partial charge in [0.1, 0.15) is 0 Å². The summed E-state index contributed by atoms with van der Waals surface area (Å²) in [5.41, 5.74) is 0.939. The van der Waals surface area contributed by atoms with Crippen molar-refractivity contribution < 1.29 is 19.8 Å². The van der Waals surface area contributed by atoms with Gasteiger partial charge in [-0.1, -0.05) is 12.1 Å². The Hall–Kier alpha value is -2.08. The van der Waals surface area contributed by atoms with Crippen LogP contribution in [0.1, 0.15) is 35.2 Å². The van der Waals surface area contributed by atoms with Gasteiger partial charge in [0.2, 0.25) is 0 Å². The maximum atomic E-state index is 12.1. The SMILES string of the molecule is O=C(O)c1cccc(CNC(=O)N2CCCCC2CO)c1. The average Bonchev–Trinajstić information content (AvgIpc) is 2.52. The normalized spacial score (nSPS) is 18.3. The van der Waals surface area contributed by atoms with Crippen molar-refractivity contribution in [2.75, 3.05) is 13.2 Å². The second kappa shape index (κ2) is 7.08. The number of piperidine rings is 1. The molecule has 0 aliphatic carbocycles. The highest BCUT2D eigenvalue weighted by Crippen LogP contribution is 2.16. The summed E-state index contributed by atoms with van der Waals surface area (Å²) in [6, 6.07) is 6.15. The fraction of sp³-hybridized carbons (Fsp3) is 0.467. The minimum Gasteiger partial charge on any atom is -0.478 e. The average molecular weight is 292 g/mol. The first-order valence-corrected chi connectivity index (χ1v) is 7.09. The van der Waals surface area contributed by atoms with Gasteiger partial charge in [-0.2, -0.15) is 0 Å². The molecule has 1 aliphatic heterocycles. The molecular formula is C15H20N2O4. The molecule has 1 heterocycles. The van der Waals surface area contributed by atoms with Gasteiger partial charge in [-0.25, -0.2) is 9.59 Å². The van der Waals surface area contributed by atoms with Crippen LogP contribution in [0.15, 0.2) is 24.3 Å². The van der Waals surface area contributed by atoms with E-state index in [-0.39, 0.29) is 30.8 Å². The number of aliphatic hydroxyl groups excluding tert-OH is 1. The smallest absolute Gasteiger partial charge is 0.335 e. The van der Waals surface area contributed by atoms with Gasteiger partial charge in [0.05, 0.1) is 18.2 Å². The van der Waals surface area contributed by atoms with Crippen LogP contribution < -0.4 is 5.32 Å². The van der Waals surface area contributed by atoms with E-state index >= 15 is 0 Å². The molecule has 2 rings (SSSR count). The Bertz CT molecular complexity index is 518. The number of benzene rings is 1. The number of hydrogen-bond donors (Lipinski definition) is 3. The number of carboxylic acid groups (broad SMARTS) is 1. The van der Waals surface area contributed by atoms with Crippen molar-refractivity contribution in [1.29, 1.82) is 0 Å². The molecule has 0 radical (unpaired) electrons. The third kappa shape index (κ3) is 3.95. The van der Waals surface area contributed by atoms with Crippen LogP contribution in [-0.4, -0.2) is 46.3 Å². The molecule has 6 heteroatoms. The zero-order chi connectivity index (χ0) is 15.2. The summed E-state index contributed by atoms with van der Waals surface area (Å²) in [5.74, 6) is -0.987. The number of likely N-dealkylation sites (tertiary alicyclic amines) is 1. The highest BCUT2D eigenvalue weighted by Gasteiger charge is 2.25. The first-order valence-electron chi connectivity index (χ1n) is 7.09. The van der Waals surface area contributed by atoms with Gasteiger partial charge in [-0.05, 0) is 37.0 Å². The number of carboxylic acids is 1. The molecule has 2 amide bonds. The minimum absolute atomic E-state index is 0.0259. The van der Waals surface area contributed by atoms with E-state index in [1.165, 1.54) is 6.07 Å². The van der Waals surface area contributed by atoms with Crippen molar-refractivity contribution in [3.8, 4) is 0 Å². The third-order valence-electron chi connectivity index (χ3n) is 3.72. The Morgan fingerprint density at radius 3 is 2.86 bits per heavy atom. The van der Waals surface area contributed by atoms with Crippen LogP contribution in [-0.2, 0) is 6.54 Å². The number of nitrogens with one attached hydrogen (secondary N) is 1. The molecular weight excluding hydrogens is 272 g/mol. The van der Waals surface area contributed by atoms with Gasteiger partial charge in [0.15, 0.2) is 0 Å². The lowest BCUT2D eigenvalue weighted by molar-refractivity contribution is 0.0696. The van der Waals surface area contributed by atoms with Crippen LogP contribution in [0.3, 0.4) is 0 Å².